The minimum Gasteiger partial charge on any atom is -0.306 e. The van der Waals surface area contributed by atoms with Gasteiger partial charge >= 0.3 is 0 Å². The summed E-state index contributed by atoms with van der Waals surface area (Å²) >= 11 is 1.44. The van der Waals surface area contributed by atoms with Crippen molar-refractivity contribution in [1.29, 1.82) is 0 Å². The fourth-order valence-corrected chi connectivity index (χ4v) is 3.09. The third-order valence-corrected chi connectivity index (χ3v) is 4.25. The Labute approximate surface area is 131 Å². The smallest absolute Gasteiger partial charge is 0.250 e. The highest BCUT2D eigenvalue weighted by Gasteiger charge is 2.09. The summed E-state index contributed by atoms with van der Waals surface area (Å²) in [6.07, 6.45) is 2.56. The van der Waals surface area contributed by atoms with E-state index in [9.17, 15) is 9.59 Å². The van der Waals surface area contributed by atoms with E-state index >= 15 is 0 Å². The third kappa shape index (κ3) is 3.07. The molecule has 0 saturated carbocycles. The molecule has 0 aliphatic heterocycles. The van der Waals surface area contributed by atoms with Crippen molar-refractivity contribution in [1.82, 2.24) is 9.55 Å². The summed E-state index contributed by atoms with van der Waals surface area (Å²) in [6.45, 7) is 2.08. The van der Waals surface area contributed by atoms with E-state index in [2.05, 4.69) is 23.3 Å². The van der Waals surface area contributed by atoms with E-state index < -0.39 is 0 Å². The maximum atomic E-state index is 12.0. The van der Waals surface area contributed by atoms with Crippen molar-refractivity contribution in [3.05, 3.63) is 58.5 Å². The molecule has 0 saturated heterocycles. The van der Waals surface area contributed by atoms with E-state index in [4.69, 9.17) is 0 Å². The molecule has 0 radical (unpaired) electrons. The van der Waals surface area contributed by atoms with Gasteiger partial charge in [0.25, 0.3) is 5.56 Å². The molecule has 1 N–H and O–H groups in total. The van der Waals surface area contributed by atoms with E-state index in [1.165, 1.54) is 27.5 Å². The number of amides is 1. The van der Waals surface area contributed by atoms with Crippen molar-refractivity contribution in [2.45, 2.75) is 19.9 Å². The van der Waals surface area contributed by atoms with E-state index in [0.29, 0.717) is 5.13 Å². The number of hydrogen-bond acceptors (Lipinski definition) is 4. The molecule has 1 aromatic carbocycles. The van der Waals surface area contributed by atoms with Crippen LogP contribution in [0.2, 0.25) is 0 Å². The number of anilines is 1. The number of pyridine rings is 1. The second-order valence-corrected chi connectivity index (χ2v) is 5.92. The summed E-state index contributed by atoms with van der Waals surface area (Å²) in [7, 11) is 0. The molecule has 0 unspecified atom stereocenters. The van der Waals surface area contributed by atoms with E-state index in [1.807, 2.05) is 12.1 Å². The lowest BCUT2D eigenvalue weighted by molar-refractivity contribution is -0.116. The summed E-state index contributed by atoms with van der Waals surface area (Å²) in [5, 5.41) is 3.31. The Balaban J connectivity index is 1.76. The molecule has 112 valence electrons. The summed E-state index contributed by atoms with van der Waals surface area (Å²) < 4.78 is 2.41. The molecule has 0 fully saturated rings. The number of rotatable bonds is 4. The number of nitrogens with zero attached hydrogens (tertiary/aromatic N) is 2. The minimum absolute atomic E-state index is 0.0180. The molecule has 0 aliphatic carbocycles. The number of nitrogens with one attached hydrogen (secondary N) is 1. The quantitative estimate of drug-likeness (QED) is 0.805. The first-order valence-corrected chi connectivity index (χ1v) is 7.82. The monoisotopic (exact) mass is 313 g/mol. The molecule has 22 heavy (non-hydrogen) atoms. The normalized spacial score (nSPS) is 10.8. The van der Waals surface area contributed by atoms with E-state index in [0.717, 1.165) is 16.6 Å². The largest absolute Gasteiger partial charge is 0.306 e. The standard InChI is InChI=1S/C16H15N3O2S/c1-2-11-6-7-12-13(9-11)22-16(17-12)18-14(20)10-19-8-4-3-5-15(19)21/h3-9H,2,10H2,1H3,(H,17,18,20). The molecule has 0 bridgehead atoms. The molecule has 5 nitrogen and oxygen atoms in total. The zero-order valence-electron chi connectivity index (χ0n) is 12.1. The fourth-order valence-electron chi connectivity index (χ4n) is 2.15. The highest BCUT2D eigenvalue weighted by atomic mass is 32.1. The molecular formula is C16H15N3O2S. The lowest BCUT2D eigenvalue weighted by Gasteiger charge is -2.04. The average molecular weight is 313 g/mol. The molecule has 0 aliphatic rings. The molecule has 3 rings (SSSR count). The van der Waals surface area contributed by atoms with E-state index in [1.54, 1.807) is 18.3 Å². The van der Waals surface area contributed by atoms with Crippen molar-refractivity contribution in [2.24, 2.45) is 0 Å². The van der Waals surface area contributed by atoms with Gasteiger partial charge in [-0.3, -0.25) is 9.59 Å². The Kier molecular flexibility index (Phi) is 4.02. The highest BCUT2D eigenvalue weighted by molar-refractivity contribution is 7.22. The maximum absolute atomic E-state index is 12.0. The number of benzene rings is 1. The van der Waals surface area contributed by atoms with Gasteiger partial charge in [-0.15, -0.1) is 0 Å². The lowest BCUT2D eigenvalue weighted by Crippen LogP contribution is -2.26. The Morgan fingerprint density at radius 1 is 1.32 bits per heavy atom. The number of hydrogen-bond donors (Lipinski definition) is 1. The van der Waals surface area contributed by atoms with Gasteiger partial charge in [-0.2, -0.15) is 0 Å². The van der Waals surface area contributed by atoms with Gasteiger partial charge < -0.3 is 9.88 Å². The summed E-state index contributed by atoms with van der Waals surface area (Å²) in [6, 6.07) is 10.9. The van der Waals surface area contributed by atoms with Crippen LogP contribution in [0.5, 0.6) is 0 Å². The van der Waals surface area contributed by atoms with Crippen LogP contribution in [0.4, 0.5) is 5.13 Å². The number of carbonyl (C=O) groups excluding carboxylic acids is 1. The van der Waals surface area contributed by atoms with Crippen LogP contribution in [0.25, 0.3) is 10.2 Å². The molecule has 0 spiro atoms. The fraction of sp³-hybridized carbons (Fsp3) is 0.188. The highest BCUT2D eigenvalue weighted by Crippen LogP contribution is 2.26. The average Bonchev–Trinajstić information content (AvgIpc) is 2.90. The van der Waals surface area contributed by atoms with Crippen LogP contribution < -0.4 is 10.9 Å². The van der Waals surface area contributed by atoms with Crippen LogP contribution in [-0.2, 0) is 17.8 Å². The van der Waals surface area contributed by atoms with Crippen LogP contribution >= 0.6 is 11.3 Å². The number of fused-ring (bicyclic) bond motifs is 1. The Morgan fingerprint density at radius 3 is 2.95 bits per heavy atom. The number of carbonyl (C=O) groups is 1. The molecular weight excluding hydrogens is 298 g/mol. The van der Waals surface area contributed by atoms with Gasteiger partial charge in [0.2, 0.25) is 5.91 Å². The molecule has 1 amide bonds. The molecule has 2 heterocycles. The summed E-state index contributed by atoms with van der Waals surface area (Å²) in [4.78, 5) is 28.0. The zero-order chi connectivity index (χ0) is 15.5. The van der Waals surface area contributed by atoms with Crippen LogP contribution in [0.15, 0.2) is 47.4 Å². The van der Waals surface area contributed by atoms with Crippen molar-refractivity contribution >= 4 is 32.6 Å². The minimum atomic E-state index is -0.261. The Bertz CT molecular complexity index is 882. The van der Waals surface area contributed by atoms with Gasteiger partial charge in [-0.1, -0.05) is 30.4 Å². The van der Waals surface area contributed by atoms with Gasteiger partial charge in [0.1, 0.15) is 6.54 Å². The van der Waals surface area contributed by atoms with Crippen molar-refractivity contribution in [3.8, 4) is 0 Å². The first kappa shape index (κ1) is 14.5. The van der Waals surface area contributed by atoms with Crippen LogP contribution in [0, 0.1) is 0 Å². The van der Waals surface area contributed by atoms with Gasteiger partial charge in [-0.25, -0.2) is 4.98 Å². The van der Waals surface area contributed by atoms with Crippen molar-refractivity contribution in [2.75, 3.05) is 5.32 Å². The molecule has 3 aromatic rings. The van der Waals surface area contributed by atoms with Gasteiger partial charge in [-0.05, 0) is 30.2 Å². The summed E-state index contributed by atoms with van der Waals surface area (Å²) in [5.74, 6) is -0.261. The first-order chi connectivity index (χ1) is 10.7. The second kappa shape index (κ2) is 6.11. The second-order valence-electron chi connectivity index (χ2n) is 4.89. The Hall–Kier alpha value is -2.47. The number of aromatic nitrogens is 2. The zero-order valence-corrected chi connectivity index (χ0v) is 12.9. The predicted molar refractivity (Wildman–Crippen MR) is 88.3 cm³/mol. The Morgan fingerprint density at radius 2 is 2.18 bits per heavy atom. The van der Waals surface area contributed by atoms with Crippen LogP contribution in [0.3, 0.4) is 0 Å². The topological polar surface area (TPSA) is 64.0 Å². The first-order valence-electron chi connectivity index (χ1n) is 7.00. The molecule has 2 aromatic heterocycles. The molecule has 0 atom stereocenters. The van der Waals surface area contributed by atoms with Crippen molar-refractivity contribution < 1.29 is 4.79 Å². The molecule has 6 heteroatoms. The van der Waals surface area contributed by atoms with Gasteiger partial charge in [0.15, 0.2) is 5.13 Å². The van der Waals surface area contributed by atoms with E-state index in [-0.39, 0.29) is 18.0 Å². The van der Waals surface area contributed by atoms with Gasteiger partial charge in [0.05, 0.1) is 10.2 Å². The van der Waals surface area contributed by atoms with Crippen LogP contribution in [-0.4, -0.2) is 15.5 Å². The van der Waals surface area contributed by atoms with Crippen LogP contribution in [0.1, 0.15) is 12.5 Å². The predicted octanol–water partition coefficient (Wildman–Crippen LogP) is 2.66. The lowest BCUT2D eigenvalue weighted by atomic mass is 10.2. The summed E-state index contributed by atoms with van der Waals surface area (Å²) in [5.41, 5.74) is 1.91. The maximum Gasteiger partial charge on any atom is 0.250 e. The van der Waals surface area contributed by atoms with Crippen molar-refractivity contribution in [3.63, 3.8) is 0 Å². The third-order valence-electron chi connectivity index (χ3n) is 3.32. The number of aryl methyl sites for hydroxylation is 1. The SMILES string of the molecule is CCc1ccc2nc(NC(=O)Cn3ccccc3=O)sc2c1. The van der Waals surface area contributed by atoms with Gasteiger partial charge in [0, 0.05) is 12.3 Å². The number of thiazole rings is 1.